The van der Waals surface area contributed by atoms with Crippen LogP contribution in [0.15, 0.2) is 36.1 Å². The molecule has 2 heteroatoms. The topological polar surface area (TPSA) is 33.0 Å². The summed E-state index contributed by atoms with van der Waals surface area (Å²) in [5, 5.41) is 8.39. The summed E-state index contributed by atoms with van der Waals surface area (Å²) in [5.74, 6) is 7.09. The Morgan fingerprint density at radius 2 is 2.12 bits per heavy atom. The Kier molecular flexibility index (Phi) is 3.84. The summed E-state index contributed by atoms with van der Waals surface area (Å²) in [6, 6.07) is 10.1. The number of hydrogen-bond donors (Lipinski definition) is 0. The number of rotatable bonds is 2. The van der Waals surface area contributed by atoms with Crippen LogP contribution in [0.1, 0.15) is 24.8 Å². The lowest BCUT2D eigenvalue weighted by atomic mass is 10.0. The van der Waals surface area contributed by atoms with E-state index in [1.54, 1.807) is 6.26 Å². The molecule has 0 aliphatic carbocycles. The highest BCUT2D eigenvalue weighted by atomic mass is 16.5. The van der Waals surface area contributed by atoms with E-state index in [4.69, 9.17) is 10.00 Å². The van der Waals surface area contributed by atoms with E-state index < -0.39 is 0 Å². The molecule has 17 heavy (non-hydrogen) atoms. The molecule has 0 fully saturated rings. The Morgan fingerprint density at radius 1 is 1.24 bits per heavy atom. The van der Waals surface area contributed by atoms with E-state index in [1.807, 2.05) is 18.2 Å². The summed E-state index contributed by atoms with van der Waals surface area (Å²) in [6.07, 6.45) is 4.74. The van der Waals surface area contributed by atoms with E-state index >= 15 is 0 Å². The van der Waals surface area contributed by atoms with E-state index in [1.165, 1.54) is 5.56 Å². The maximum absolute atomic E-state index is 8.39. The standard InChI is InChI=1S/C15H13NO/c16-10-6-2-1-3-7-13-11-14-8-4-5-9-15(14)17-12-13/h4-5,8-9,12H,1-2,6,11H2. The molecule has 1 aromatic rings. The molecule has 0 aromatic heterocycles. The maximum Gasteiger partial charge on any atom is 0.130 e. The zero-order chi connectivity index (χ0) is 11.9. The van der Waals surface area contributed by atoms with Crippen LogP contribution in [0.2, 0.25) is 0 Å². The van der Waals surface area contributed by atoms with Crippen molar-refractivity contribution in [2.75, 3.05) is 0 Å². The summed E-state index contributed by atoms with van der Waals surface area (Å²) in [7, 11) is 0. The first-order valence-electron chi connectivity index (χ1n) is 5.69. The minimum atomic E-state index is 0.576. The van der Waals surface area contributed by atoms with Gasteiger partial charge in [-0.1, -0.05) is 30.0 Å². The number of nitrogens with zero attached hydrogens (tertiary/aromatic N) is 1. The van der Waals surface area contributed by atoms with Gasteiger partial charge in [0.1, 0.15) is 12.0 Å². The van der Waals surface area contributed by atoms with E-state index in [0.717, 1.165) is 30.6 Å². The van der Waals surface area contributed by atoms with Crippen molar-refractivity contribution in [2.45, 2.75) is 25.7 Å². The molecular formula is C15H13NO. The predicted octanol–water partition coefficient (Wildman–Crippen LogP) is 3.20. The van der Waals surface area contributed by atoms with Crippen molar-refractivity contribution in [3.05, 3.63) is 41.7 Å². The number of fused-ring (bicyclic) bond motifs is 1. The summed E-state index contributed by atoms with van der Waals surface area (Å²) in [4.78, 5) is 0. The van der Waals surface area contributed by atoms with E-state index in [0.29, 0.717) is 6.42 Å². The summed E-state index contributed by atoms with van der Waals surface area (Å²) in [5.41, 5.74) is 2.18. The maximum atomic E-state index is 8.39. The van der Waals surface area contributed by atoms with Crippen molar-refractivity contribution in [2.24, 2.45) is 0 Å². The summed E-state index contributed by atoms with van der Waals surface area (Å²) >= 11 is 0. The third-order valence-corrected chi connectivity index (χ3v) is 2.52. The molecule has 0 amide bonds. The van der Waals surface area contributed by atoms with Crippen molar-refractivity contribution in [1.29, 1.82) is 5.26 Å². The lowest BCUT2D eigenvalue weighted by Crippen LogP contribution is -2.01. The quantitative estimate of drug-likeness (QED) is 0.569. The van der Waals surface area contributed by atoms with Crippen LogP contribution in [0.25, 0.3) is 0 Å². The van der Waals surface area contributed by atoms with Crippen LogP contribution in [0.4, 0.5) is 0 Å². The van der Waals surface area contributed by atoms with Crippen molar-refractivity contribution in [3.63, 3.8) is 0 Å². The number of unbranched alkanes of at least 4 members (excludes halogenated alkanes) is 2. The highest BCUT2D eigenvalue weighted by Gasteiger charge is 2.09. The number of benzene rings is 1. The Balaban J connectivity index is 1.93. The fourth-order valence-corrected chi connectivity index (χ4v) is 1.65. The van der Waals surface area contributed by atoms with Gasteiger partial charge in [0.15, 0.2) is 0 Å². The molecule has 0 radical (unpaired) electrons. The second-order valence-corrected chi connectivity index (χ2v) is 3.86. The fourth-order valence-electron chi connectivity index (χ4n) is 1.65. The van der Waals surface area contributed by atoms with Gasteiger partial charge in [-0.05, 0) is 18.1 Å². The molecule has 0 saturated heterocycles. The van der Waals surface area contributed by atoms with Gasteiger partial charge in [-0.25, -0.2) is 0 Å². The van der Waals surface area contributed by atoms with Crippen LogP contribution in [0, 0.1) is 23.2 Å². The molecular weight excluding hydrogens is 210 g/mol. The van der Waals surface area contributed by atoms with Crippen molar-refractivity contribution in [1.82, 2.24) is 0 Å². The molecule has 2 nitrogen and oxygen atoms in total. The first-order chi connectivity index (χ1) is 8.40. The van der Waals surface area contributed by atoms with Crippen molar-refractivity contribution < 1.29 is 4.74 Å². The molecule has 1 aromatic carbocycles. The minimum Gasteiger partial charge on any atom is -0.464 e. The molecule has 1 aliphatic rings. The normalized spacial score (nSPS) is 12.3. The van der Waals surface area contributed by atoms with E-state index in [9.17, 15) is 0 Å². The second-order valence-electron chi connectivity index (χ2n) is 3.86. The van der Waals surface area contributed by atoms with Gasteiger partial charge in [0, 0.05) is 24.8 Å². The Morgan fingerprint density at radius 3 is 3.00 bits per heavy atom. The fraction of sp³-hybridized carbons (Fsp3) is 0.267. The van der Waals surface area contributed by atoms with Gasteiger partial charge in [-0.2, -0.15) is 5.26 Å². The zero-order valence-electron chi connectivity index (χ0n) is 9.57. The first-order valence-corrected chi connectivity index (χ1v) is 5.69. The third-order valence-electron chi connectivity index (χ3n) is 2.52. The summed E-state index contributed by atoms with van der Waals surface area (Å²) in [6.45, 7) is 0. The Labute approximate surface area is 102 Å². The smallest absolute Gasteiger partial charge is 0.130 e. The van der Waals surface area contributed by atoms with Crippen LogP contribution in [-0.4, -0.2) is 0 Å². The lowest BCUT2D eigenvalue weighted by Gasteiger charge is -2.13. The van der Waals surface area contributed by atoms with Crippen LogP contribution in [-0.2, 0) is 6.42 Å². The van der Waals surface area contributed by atoms with Gasteiger partial charge in [0.2, 0.25) is 0 Å². The van der Waals surface area contributed by atoms with Gasteiger partial charge in [-0.15, -0.1) is 0 Å². The Hall–Kier alpha value is -2.19. The number of nitriles is 1. The molecule has 84 valence electrons. The molecule has 2 rings (SSSR count). The molecule has 1 heterocycles. The molecule has 0 saturated carbocycles. The SMILES string of the molecule is N#CCCCC#CC1=COc2ccccc2C1. The molecule has 0 spiro atoms. The van der Waals surface area contributed by atoms with E-state index in [-0.39, 0.29) is 0 Å². The van der Waals surface area contributed by atoms with Gasteiger partial charge in [-0.3, -0.25) is 0 Å². The average molecular weight is 223 g/mol. The molecule has 0 bridgehead atoms. The first kappa shape index (κ1) is 11.3. The molecule has 0 unspecified atom stereocenters. The van der Waals surface area contributed by atoms with Gasteiger partial charge in [0.25, 0.3) is 0 Å². The van der Waals surface area contributed by atoms with Crippen LogP contribution in [0.5, 0.6) is 5.75 Å². The highest BCUT2D eigenvalue weighted by molar-refractivity contribution is 5.44. The van der Waals surface area contributed by atoms with Gasteiger partial charge < -0.3 is 4.74 Å². The van der Waals surface area contributed by atoms with Gasteiger partial charge in [0.05, 0.1) is 6.07 Å². The minimum absolute atomic E-state index is 0.576. The average Bonchev–Trinajstić information content (AvgIpc) is 2.38. The monoisotopic (exact) mass is 223 g/mol. The number of ether oxygens (including phenoxy) is 1. The summed E-state index contributed by atoms with van der Waals surface area (Å²) < 4.78 is 5.50. The molecule has 0 N–H and O–H groups in total. The van der Waals surface area contributed by atoms with Crippen LogP contribution >= 0.6 is 0 Å². The van der Waals surface area contributed by atoms with Crippen molar-refractivity contribution >= 4 is 0 Å². The molecule has 1 aliphatic heterocycles. The van der Waals surface area contributed by atoms with Crippen LogP contribution < -0.4 is 4.74 Å². The Bertz CT molecular complexity index is 526. The largest absolute Gasteiger partial charge is 0.464 e. The lowest BCUT2D eigenvalue weighted by molar-refractivity contribution is 0.460. The highest BCUT2D eigenvalue weighted by Crippen LogP contribution is 2.25. The van der Waals surface area contributed by atoms with Crippen molar-refractivity contribution in [3.8, 4) is 23.7 Å². The van der Waals surface area contributed by atoms with Gasteiger partial charge >= 0.3 is 0 Å². The van der Waals surface area contributed by atoms with E-state index in [2.05, 4.69) is 24.0 Å². The number of hydrogen-bond acceptors (Lipinski definition) is 2. The second kappa shape index (κ2) is 5.77. The molecule has 0 atom stereocenters. The van der Waals surface area contributed by atoms with Crippen LogP contribution in [0.3, 0.4) is 0 Å². The zero-order valence-corrected chi connectivity index (χ0v) is 9.57. The number of para-hydroxylation sites is 1. The number of allylic oxidation sites excluding steroid dienone is 1. The third kappa shape index (κ3) is 3.13. The predicted molar refractivity (Wildman–Crippen MR) is 66.1 cm³/mol.